The minimum absolute atomic E-state index is 0.0281. The third-order valence-corrected chi connectivity index (χ3v) is 5.52. The van der Waals surface area contributed by atoms with Gasteiger partial charge >= 0.3 is 0 Å². The predicted octanol–water partition coefficient (Wildman–Crippen LogP) is 3.89. The van der Waals surface area contributed by atoms with Gasteiger partial charge in [-0.15, -0.1) is 0 Å². The highest BCUT2D eigenvalue weighted by Crippen LogP contribution is 2.23. The fourth-order valence-corrected chi connectivity index (χ4v) is 3.96. The average molecular weight is 418 g/mol. The molecule has 0 spiro atoms. The lowest BCUT2D eigenvalue weighted by Gasteiger charge is -2.32. The van der Waals surface area contributed by atoms with Crippen LogP contribution in [0.1, 0.15) is 25.3 Å². The van der Waals surface area contributed by atoms with E-state index in [1.165, 1.54) is 12.5 Å². The third kappa shape index (κ3) is 5.58. The number of hydrogen-bond donors (Lipinski definition) is 3. The maximum Gasteiger partial charge on any atom is 0.228 e. The van der Waals surface area contributed by atoms with E-state index in [-0.39, 0.29) is 17.7 Å². The highest BCUT2D eigenvalue weighted by molar-refractivity contribution is 5.93. The predicted molar refractivity (Wildman–Crippen MR) is 121 cm³/mol. The summed E-state index contributed by atoms with van der Waals surface area (Å²) < 4.78 is 0. The molecule has 1 aromatic heterocycles. The second-order valence-electron chi connectivity index (χ2n) is 7.99. The number of likely N-dealkylation sites (tertiary alicyclic amines) is 1. The lowest BCUT2D eigenvalue weighted by molar-refractivity contribution is -0.121. The molecule has 4 rings (SSSR count). The van der Waals surface area contributed by atoms with Gasteiger partial charge in [0.25, 0.3) is 0 Å². The van der Waals surface area contributed by atoms with E-state index in [1.54, 1.807) is 6.20 Å². The van der Waals surface area contributed by atoms with Gasteiger partial charge in [0.15, 0.2) is 0 Å². The Morgan fingerprint density at radius 3 is 2.42 bits per heavy atom. The summed E-state index contributed by atoms with van der Waals surface area (Å²) in [7, 11) is 0. The topological polar surface area (TPSA) is 90.1 Å². The van der Waals surface area contributed by atoms with E-state index in [9.17, 15) is 9.59 Å². The summed E-state index contributed by atoms with van der Waals surface area (Å²) in [6.45, 7) is 4.02. The van der Waals surface area contributed by atoms with Crippen LogP contribution in [0.3, 0.4) is 0 Å². The fourth-order valence-electron chi connectivity index (χ4n) is 3.96. The van der Waals surface area contributed by atoms with Crippen LogP contribution in [0, 0.1) is 5.92 Å². The van der Waals surface area contributed by atoms with Crippen LogP contribution >= 0.6 is 0 Å². The summed E-state index contributed by atoms with van der Waals surface area (Å²) >= 11 is 0. The number of piperidine rings is 1. The van der Waals surface area contributed by atoms with Crippen molar-refractivity contribution in [1.29, 1.82) is 0 Å². The molecule has 1 fully saturated rings. The van der Waals surface area contributed by atoms with Gasteiger partial charge in [-0.3, -0.25) is 19.6 Å². The monoisotopic (exact) mass is 417 g/mol. The molecule has 1 aliphatic rings. The number of carbonyl (C=O) groups excluding carboxylic acids is 2. The molecule has 2 amide bonds. The Balaban J connectivity index is 1.31. The highest BCUT2D eigenvalue weighted by atomic mass is 16.2. The molecular weight excluding hydrogens is 390 g/mol. The van der Waals surface area contributed by atoms with Crippen LogP contribution < -0.4 is 10.6 Å². The van der Waals surface area contributed by atoms with Gasteiger partial charge in [-0.05, 0) is 60.8 Å². The van der Waals surface area contributed by atoms with Crippen molar-refractivity contribution in [3.63, 3.8) is 0 Å². The van der Waals surface area contributed by atoms with Crippen LogP contribution in [0.4, 0.5) is 11.4 Å². The largest absolute Gasteiger partial charge is 0.326 e. The van der Waals surface area contributed by atoms with Gasteiger partial charge in [0.2, 0.25) is 11.8 Å². The van der Waals surface area contributed by atoms with Crippen LogP contribution in [-0.2, 0) is 16.1 Å². The number of nitrogens with zero attached hydrogens (tertiary/aromatic N) is 2. The number of nitrogens with one attached hydrogen (secondary N) is 3. The zero-order valence-corrected chi connectivity index (χ0v) is 17.6. The first-order valence-corrected chi connectivity index (χ1v) is 10.6. The molecule has 7 nitrogen and oxygen atoms in total. The molecule has 160 valence electrons. The van der Waals surface area contributed by atoms with Gasteiger partial charge < -0.3 is 10.6 Å². The Labute approximate surface area is 181 Å². The van der Waals surface area contributed by atoms with E-state index in [2.05, 4.69) is 25.7 Å². The molecular formula is C24H27N5O2. The molecule has 0 radical (unpaired) electrons. The molecule has 7 heteroatoms. The van der Waals surface area contributed by atoms with Crippen LogP contribution in [0.2, 0.25) is 0 Å². The summed E-state index contributed by atoms with van der Waals surface area (Å²) in [4.78, 5) is 26.3. The summed E-state index contributed by atoms with van der Waals surface area (Å²) in [5.74, 6) is -0.0340. The summed E-state index contributed by atoms with van der Waals surface area (Å²) in [5, 5.41) is 12.8. The van der Waals surface area contributed by atoms with Gasteiger partial charge in [-0.2, -0.15) is 5.10 Å². The van der Waals surface area contributed by atoms with Crippen molar-refractivity contribution < 1.29 is 9.59 Å². The van der Waals surface area contributed by atoms with Gasteiger partial charge in [0.05, 0.1) is 11.6 Å². The third-order valence-electron chi connectivity index (χ3n) is 5.52. The van der Waals surface area contributed by atoms with Crippen molar-refractivity contribution in [2.24, 2.45) is 5.92 Å². The maximum atomic E-state index is 12.8. The van der Waals surface area contributed by atoms with E-state index < -0.39 is 0 Å². The standard InChI is InChI=1S/C24H27N5O2/c1-17(30)26-21-8-4-18(5-9-21)15-29-14-2-3-20(16-29)24(31)27-22-10-6-19(7-11-22)23-12-13-25-28-23/h4-13,20H,2-3,14-16H2,1H3,(H,25,28)(H,26,30)(H,27,31)/t20-/m0/s1. The molecule has 3 aromatic rings. The highest BCUT2D eigenvalue weighted by Gasteiger charge is 2.26. The zero-order chi connectivity index (χ0) is 21.6. The van der Waals surface area contributed by atoms with E-state index in [1.807, 2.05) is 54.6 Å². The summed E-state index contributed by atoms with van der Waals surface area (Å²) in [5.41, 5.74) is 4.75. The first kappa shape index (κ1) is 20.8. The zero-order valence-electron chi connectivity index (χ0n) is 17.6. The quantitative estimate of drug-likeness (QED) is 0.568. The van der Waals surface area contributed by atoms with Gasteiger partial charge in [-0.1, -0.05) is 24.3 Å². The average Bonchev–Trinajstić information content (AvgIpc) is 3.30. The Kier molecular flexibility index (Phi) is 6.43. The summed E-state index contributed by atoms with van der Waals surface area (Å²) in [6, 6.07) is 17.6. The number of rotatable bonds is 6. The number of hydrogen-bond acceptors (Lipinski definition) is 4. The van der Waals surface area contributed by atoms with Crippen LogP contribution in [0.5, 0.6) is 0 Å². The SMILES string of the molecule is CC(=O)Nc1ccc(CN2CCC[C@H](C(=O)Nc3ccc(-c4ccn[nH]4)cc3)C2)cc1. The van der Waals surface area contributed by atoms with Crippen molar-refractivity contribution in [3.8, 4) is 11.3 Å². The van der Waals surface area contributed by atoms with Crippen molar-refractivity contribution in [2.45, 2.75) is 26.3 Å². The molecule has 1 atom stereocenters. The Hall–Kier alpha value is -3.45. The second kappa shape index (κ2) is 9.57. The van der Waals surface area contributed by atoms with Crippen molar-refractivity contribution >= 4 is 23.2 Å². The number of anilines is 2. The molecule has 0 aliphatic carbocycles. The minimum atomic E-state index is -0.0754. The Bertz CT molecular complexity index is 1010. The molecule has 2 heterocycles. The number of benzene rings is 2. The number of aromatic nitrogens is 2. The first-order valence-electron chi connectivity index (χ1n) is 10.6. The molecule has 1 saturated heterocycles. The van der Waals surface area contributed by atoms with E-state index in [0.29, 0.717) is 0 Å². The lowest BCUT2D eigenvalue weighted by Crippen LogP contribution is -2.40. The van der Waals surface area contributed by atoms with E-state index in [4.69, 9.17) is 0 Å². The van der Waals surface area contributed by atoms with Crippen molar-refractivity contribution in [1.82, 2.24) is 15.1 Å². The smallest absolute Gasteiger partial charge is 0.228 e. The number of H-pyrrole nitrogens is 1. The molecule has 0 unspecified atom stereocenters. The van der Waals surface area contributed by atoms with Gasteiger partial charge in [-0.25, -0.2) is 0 Å². The molecule has 31 heavy (non-hydrogen) atoms. The number of aromatic amines is 1. The fraction of sp³-hybridized carbons (Fsp3) is 0.292. The number of amides is 2. The lowest BCUT2D eigenvalue weighted by atomic mass is 9.96. The maximum absolute atomic E-state index is 12.8. The van der Waals surface area contributed by atoms with E-state index in [0.717, 1.165) is 55.1 Å². The molecule has 1 aliphatic heterocycles. The Morgan fingerprint density at radius 1 is 1.03 bits per heavy atom. The normalized spacial score (nSPS) is 16.6. The van der Waals surface area contributed by atoms with Crippen LogP contribution in [0.25, 0.3) is 11.3 Å². The minimum Gasteiger partial charge on any atom is -0.326 e. The van der Waals surface area contributed by atoms with Gasteiger partial charge in [0.1, 0.15) is 0 Å². The Morgan fingerprint density at radius 2 is 1.74 bits per heavy atom. The molecule has 3 N–H and O–H groups in total. The number of carbonyl (C=O) groups is 2. The molecule has 0 bridgehead atoms. The van der Waals surface area contributed by atoms with Crippen molar-refractivity contribution in [3.05, 3.63) is 66.4 Å². The van der Waals surface area contributed by atoms with Crippen LogP contribution in [-0.4, -0.2) is 40.0 Å². The molecule has 2 aromatic carbocycles. The molecule has 0 saturated carbocycles. The second-order valence-corrected chi connectivity index (χ2v) is 7.99. The summed E-state index contributed by atoms with van der Waals surface area (Å²) in [6.07, 6.45) is 3.62. The van der Waals surface area contributed by atoms with E-state index >= 15 is 0 Å². The first-order chi connectivity index (χ1) is 15.1. The van der Waals surface area contributed by atoms with Crippen LogP contribution in [0.15, 0.2) is 60.8 Å². The van der Waals surface area contributed by atoms with Gasteiger partial charge in [0, 0.05) is 37.6 Å². The van der Waals surface area contributed by atoms with Crippen molar-refractivity contribution in [2.75, 3.05) is 23.7 Å².